The van der Waals surface area contributed by atoms with E-state index in [9.17, 15) is 14.0 Å². The van der Waals surface area contributed by atoms with E-state index in [-0.39, 0.29) is 17.4 Å². The molecular weight excluding hydrogens is 599 g/mol. The Bertz CT molecular complexity index is 1520. The largest absolute Gasteiger partial charge is 0.318 e. The Labute approximate surface area is 277 Å². The SMILES string of the molecule is Cc1cc(C(=O)CC2CCCCN2)c(C)n1-c1ccc(Cl)cc1.Cc1cc(C(=O)CC2CCCCN2)c(C)n1-c1ccc(F)cc1. The van der Waals surface area contributed by atoms with E-state index in [1.165, 1.54) is 37.8 Å². The summed E-state index contributed by atoms with van der Waals surface area (Å²) in [4.78, 5) is 25.4. The predicted octanol–water partition coefficient (Wildman–Crippen LogP) is 8.41. The van der Waals surface area contributed by atoms with Crippen LogP contribution in [0.3, 0.4) is 0 Å². The van der Waals surface area contributed by atoms with Gasteiger partial charge in [0.05, 0.1) is 0 Å². The third kappa shape index (κ3) is 8.06. The molecule has 4 aromatic rings. The summed E-state index contributed by atoms with van der Waals surface area (Å²) in [5.41, 5.74) is 7.54. The fraction of sp³-hybridized carbons (Fsp3) is 0.421. The first-order chi connectivity index (χ1) is 22.1. The van der Waals surface area contributed by atoms with Crippen LogP contribution in [0.5, 0.6) is 0 Å². The molecule has 0 spiro atoms. The number of Topliss-reactive ketones (excluding diaryl/α,β-unsaturated/α-hetero) is 2. The van der Waals surface area contributed by atoms with Crippen molar-refractivity contribution in [3.8, 4) is 11.4 Å². The van der Waals surface area contributed by atoms with Gasteiger partial charge in [0.2, 0.25) is 0 Å². The molecule has 8 heteroatoms. The highest BCUT2D eigenvalue weighted by Gasteiger charge is 2.23. The number of nitrogens with zero attached hydrogens (tertiary/aromatic N) is 2. The van der Waals surface area contributed by atoms with E-state index >= 15 is 0 Å². The van der Waals surface area contributed by atoms with Gasteiger partial charge in [-0.3, -0.25) is 9.59 Å². The van der Waals surface area contributed by atoms with Gasteiger partial charge in [0.1, 0.15) is 5.82 Å². The van der Waals surface area contributed by atoms with Gasteiger partial charge in [-0.25, -0.2) is 4.39 Å². The van der Waals surface area contributed by atoms with Crippen molar-refractivity contribution in [1.29, 1.82) is 0 Å². The molecule has 2 aromatic heterocycles. The molecule has 2 aliphatic rings. The number of nitrogens with one attached hydrogen (secondary N) is 2. The van der Waals surface area contributed by atoms with Crippen LogP contribution in [0.25, 0.3) is 11.4 Å². The monoisotopic (exact) mass is 644 g/mol. The quantitative estimate of drug-likeness (QED) is 0.189. The summed E-state index contributed by atoms with van der Waals surface area (Å²) >= 11 is 5.97. The number of carbonyl (C=O) groups is 2. The number of ketones is 2. The Morgan fingerprint density at radius 2 is 1.11 bits per heavy atom. The zero-order valence-electron chi connectivity index (χ0n) is 27.5. The molecule has 2 saturated heterocycles. The van der Waals surface area contributed by atoms with Crippen molar-refractivity contribution >= 4 is 23.2 Å². The van der Waals surface area contributed by atoms with Crippen LogP contribution in [0.15, 0.2) is 60.7 Å². The van der Waals surface area contributed by atoms with E-state index in [2.05, 4.69) is 15.2 Å². The molecule has 0 radical (unpaired) electrons. The first kappa shape index (κ1) is 33.8. The number of aryl methyl sites for hydroxylation is 2. The molecule has 2 N–H and O–H groups in total. The minimum absolute atomic E-state index is 0.186. The normalized spacial score (nSPS) is 18.1. The van der Waals surface area contributed by atoms with Crippen LogP contribution in [0.2, 0.25) is 5.02 Å². The number of hydrogen-bond acceptors (Lipinski definition) is 4. The van der Waals surface area contributed by atoms with E-state index in [0.717, 1.165) is 76.2 Å². The lowest BCUT2D eigenvalue weighted by Gasteiger charge is -2.22. The lowest BCUT2D eigenvalue weighted by molar-refractivity contribution is 0.0954. The molecule has 0 amide bonds. The zero-order valence-corrected chi connectivity index (χ0v) is 28.2. The van der Waals surface area contributed by atoms with E-state index in [1.54, 1.807) is 12.1 Å². The molecule has 2 aromatic carbocycles. The van der Waals surface area contributed by atoms with Crippen LogP contribution >= 0.6 is 11.6 Å². The van der Waals surface area contributed by atoms with Gasteiger partial charge in [0.15, 0.2) is 11.6 Å². The van der Waals surface area contributed by atoms with Crippen LogP contribution in [0.4, 0.5) is 4.39 Å². The van der Waals surface area contributed by atoms with Crippen molar-refractivity contribution in [1.82, 2.24) is 19.8 Å². The van der Waals surface area contributed by atoms with Gasteiger partial charge >= 0.3 is 0 Å². The molecule has 2 atom stereocenters. The molecular formula is C38H46ClFN4O2. The van der Waals surface area contributed by atoms with Crippen LogP contribution < -0.4 is 10.6 Å². The predicted molar refractivity (Wildman–Crippen MR) is 185 cm³/mol. The molecule has 2 unspecified atom stereocenters. The fourth-order valence-corrected chi connectivity index (χ4v) is 7.06. The number of hydrogen-bond donors (Lipinski definition) is 2. The Balaban J connectivity index is 0.000000181. The van der Waals surface area contributed by atoms with Gasteiger partial charge in [0.25, 0.3) is 0 Å². The van der Waals surface area contributed by atoms with Gasteiger partial charge < -0.3 is 19.8 Å². The van der Waals surface area contributed by atoms with E-state index in [0.29, 0.717) is 24.9 Å². The molecule has 0 aliphatic carbocycles. The van der Waals surface area contributed by atoms with Gasteiger partial charge in [-0.05, 0) is 127 Å². The lowest BCUT2D eigenvalue weighted by Crippen LogP contribution is -2.35. The fourth-order valence-electron chi connectivity index (χ4n) is 6.93. The zero-order chi connectivity index (χ0) is 32.8. The molecule has 4 heterocycles. The summed E-state index contributed by atoms with van der Waals surface area (Å²) in [6, 6.07) is 18.7. The Morgan fingerprint density at radius 1 is 0.696 bits per heavy atom. The molecule has 2 fully saturated rings. The van der Waals surface area contributed by atoms with Crippen LogP contribution in [0.1, 0.15) is 94.9 Å². The average Bonchev–Trinajstić information content (AvgIpc) is 3.52. The Morgan fingerprint density at radius 3 is 1.50 bits per heavy atom. The number of piperidine rings is 2. The van der Waals surface area contributed by atoms with Crippen LogP contribution in [-0.4, -0.2) is 45.9 Å². The van der Waals surface area contributed by atoms with Crippen molar-refractivity contribution in [3.05, 3.63) is 105 Å². The Kier molecular flexibility index (Phi) is 11.3. The summed E-state index contributed by atoms with van der Waals surface area (Å²) in [6.07, 6.45) is 8.14. The molecule has 46 heavy (non-hydrogen) atoms. The second kappa shape index (κ2) is 15.4. The van der Waals surface area contributed by atoms with Crippen molar-refractivity contribution < 1.29 is 14.0 Å². The minimum atomic E-state index is -0.254. The van der Waals surface area contributed by atoms with Crippen LogP contribution in [-0.2, 0) is 0 Å². The van der Waals surface area contributed by atoms with E-state index in [4.69, 9.17) is 11.6 Å². The summed E-state index contributed by atoms with van der Waals surface area (Å²) in [6.45, 7) is 10.0. The highest BCUT2D eigenvalue weighted by Crippen LogP contribution is 2.25. The van der Waals surface area contributed by atoms with Gasteiger partial charge in [-0.15, -0.1) is 0 Å². The number of aromatic nitrogens is 2. The molecule has 0 saturated carbocycles. The van der Waals surface area contributed by atoms with Crippen molar-refractivity contribution in [3.63, 3.8) is 0 Å². The maximum Gasteiger partial charge on any atom is 0.166 e. The second-order valence-electron chi connectivity index (χ2n) is 12.7. The smallest absolute Gasteiger partial charge is 0.166 e. The summed E-state index contributed by atoms with van der Waals surface area (Å²) in [5.74, 6) is 0.166. The molecule has 6 nitrogen and oxygen atoms in total. The highest BCUT2D eigenvalue weighted by atomic mass is 35.5. The number of rotatable bonds is 8. The number of carbonyl (C=O) groups excluding carboxylic acids is 2. The highest BCUT2D eigenvalue weighted by molar-refractivity contribution is 6.30. The second-order valence-corrected chi connectivity index (χ2v) is 13.2. The third-order valence-corrected chi connectivity index (χ3v) is 9.57. The van der Waals surface area contributed by atoms with Crippen LogP contribution in [0, 0.1) is 33.5 Å². The van der Waals surface area contributed by atoms with Gasteiger partial charge in [0, 0.05) is 75.2 Å². The standard InChI is InChI=1S/C19H23ClN2O.C19H23FN2O/c2*1-13-11-18(19(23)12-16-5-3-4-10-21-16)14(2)22(13)17-8-6-15(20)7-9-17/h2*6-9,11,16,21H,3-5,10,12H2,1-2H3. The van der Waals surface area contributed by atoms with E-state index < -0.39 is 0 Å². The third-order valence-electron chi connectivity index (χ3n) is 9.32. The summed E-state index contributed by atoms with van der Waals surface area (Å²) in [7, 11) is 0. The van der Waals surface area contributed by atoms with Gasteiger partial charge in [-0.1, -0.05) is 24.4 Å². The molecule has 244 valence electrons. The Hall–Kier alpha value is -3.52. The van der Waals surface area contributed by atoms with Gasteiger partial charge in [-0.2, -0.15) is 0 Å². The molecule has 0 bridgehead atoms. The lowest BCUT2D eigenvalue weighted by atomic mass is 9.97. The average molecular weight is 645 g/mol. The molecule has 2 aliphatic heterocycles. The maximum atomic E-state index is 13.1. The summed E-state index contributed by atoms with van der Waals surface area (Å²) < 4.78 is 17.3. The molecule has 6 rings (SSSR count). The summed E-state index contributed by atoms with van der Waals surface area (Å²) in [5, 5.41) is 7.60. The minimum Gasteiger partial charge on any atom is -0.318 e. The first-order valence-corrected chi connectivity index (χ1v) is 16.9. The number of benzene rings is 2. The topological polar surface area (TPSA) is 68.1 Å². The van der Waals surface area contributed by atoms with Crippen molar-refractivity contribution in [2.45, 2.75) is 91.1 Å². The number of halogens is 2. The maximum absolute atomic E-state index is 13.1. The van der Waals surface area contributed by atoms with Crippen molar-refractivity contribution in [2.75, 3.05) is 13.1 Å². The van der Waals surface area contributed by atoms with Crippen molar-refractivity contribution in [2.24, 2.45) is 0 Å². The first-order valence-electron chi connectivity index (χ1n) is 16.5. The van der Waals surface area contributed by atoms with E-state index in [1.807, 2.05) is 68.7 Å².